The summed E-state index contributed by atoms with van der Waals surface area (Å²) < 4.78 is 0. The van der Waals surface area contributed by atoms with Crippen molar-refractivity contribution >= 4 is 5.78 Å². The van der Waals surface area contributed by atoms with Gasteiger partial charge in [0.1, 0.15) is 0 Å². The Bertz CT molecular complexity index is 610. The molecule has 1 heteroatoms. The Morgan fingerprint density at radius 1 is 0.900 bits per heavy atom. The average molecular weight is 266 g/mol. The highest BCUT2D eigenvalue weighted by molar-refractivity contribution is 6.10. The van der Waals surface area contributed by atoms with Gasteiger partial charge in [-0.3, -0.25) is 4.79 Å². The van der Waals surface area contributed by atoms with Crippen LogP contribution in [0.5, 0.6) is 0 Å². The first-order chi connectivity index (χ1) is 9.40. The van der Waals surface area contributed by atoms with Crippen molar-refractivity contribution in [3.63, 3.8) is 0 Å². The quantitative estimate of drug-likeness (QED) is 0.717. The lowest BCUT2D eigenvalue weighted by Gasteiger charge is -2.11. The van der Waals surface area contributed by atoms with Crippen LogP contribution in [-0.4, -0.2) is 5.78 Å². The molecule has 0 aliphatic heterocycles. The van der Waals surface area contributed by atoms with Crippen LogP contribution in [0.4, 0.5) is 0 Å². The number of carbonyl (C=O) groups is 1. The molecule has 2 aromatic rings. The Hall–Kier alpha value is -1.89. The molecule has 2 aromatic carbocycles. The second-order valence-corrected chi connectivity index (χ2v) is 5.88. The molecule has 0 bridgehead atoms. The molecular formula is C19H22O. The molecule has 0 unspecified atom stereocenters. The van der Waals surface area contributed by atoms with E-state index in [1.165, 1.54) is 11.1 Å². The van der Waals surface area contributed by atoms with Gasteiger partial charge in [0.2, 0.25) is 0 Å². The first-order valence-electron chi connectivity index (χ1n) is 7.12. The third kappa shape index (κ3) is 2.82. The fourth-order valence-corrected chi connectivity index (χ4v) is 2.70. The molecule has 0 saturated heterocycles. The Morgan fingerprint density at radius 2 is 1.40 bits per heavy atom. The van der Waals surface area contributed by atoms with Crippen LogP contribution in [-0.2, 0) is 0 Å². The van der Waals surface area contributed by atoms with Gasteiger partial charge in [-0.25, -0.2) is 0 Å². The molecular weight excluding hydrogens is 244 g/mol. The molecule has 0 heterocycles. The van der Waals surface area contributed by atoms with Gasteiger partial charge >= 0.3 is 0 Å². The third-order valence-corrected chi connectivity index (χ3v) is 3.74. The summed E-state index contributed by atoms with van der Waals surface area (Å²) in [5, 5.41) is 0. The van der Waals surface area contributed by atoms with E-state index in [9.17, 15) is 4.79 Å². The van der Waals surface area contributed by atoms with Crippen LogP contribution in [0, 0.1) is 20.8 Å². The van der Waals surface area contributed by atoms with Crippen LogP contribution in [0.15, 0.2) is 36.4 Å². The zero-order valence-corrected chi connectivity index (χ0v) is 12.9. The molecule has 0 aromatic heterocycles. The first kappa shape index (κ1) is 14.5. The van der Waals surface area contributed by atoms with Crippen molar-refractivity contribution in [2.24, 2.45) is 0 Å². The maximum atomic E-state index is 12.7. The van der Waals surface area contributed by atoms with Gasteiger partial charge in [0.05, 0.1) is 0 Å². The number of aryl methyl sites for hydroxylation is 3. The molecule has 0 aliphatic rings. The van der Waals surface area contributed by atoms with Crippen molar-refractivity contribution in [2.45, 2.75) is 40.5 Å². The highest BCUT2D eigenvalue weighted by Gasteiger charge is 2.15. The SMILES string of the molecule is Cc1cc(C)c(C(=O)c2ccc(C(C)C)cc2)c(C)c1. The molecule has 0 aliphatic carbocycles. The van der Waals surface area contributed by atoms with Crippen LogP contribution >= 0.6 is 0 Å². The Balaban J connectivity index is 2.41. The fraction of sp³-hybridized carbons (Fsp3) is 0.316. The monoisotopic (exact) mass is 266 g/mol. The number of benzene rings is 2. The summed E-state index contributed by atoms with van der Waals surface area (Å²) in [6, 6.07) is 12.1. The van der Waals surface area contributed by atoms with Gasteiger partial charge in [-0.15, -0.1) is 0 Å². The van der Waals surface area contributed by atoms with E-state index in [2.05, 4.69) is 45.0 Å². The summed E-state index contributed by atoms with van der Waals surface area (Å²) in [4.78, 5) is 12.7. The molecule has 20 heavy (non-hydrogen) atoms. The topological polar surface area (TPSA) is 17.1 Å². The van der Waals surface area contributed by atoms with Gasteiger partial charge in [-0.2, -0.15) is 0 Å². The first-order valence-corrected chi connectivity index (χ1v) is 7.12. The number of rotatable bonds is 3. The number of hydrogen-bond acceptors (Lipinski definition) is 1. The summed E-state index contributed by atoms with van der Waals surface area (Å²) in [6.07, 6.45) is 0. The van der Waals surface area contributed by atoms with Crippen molar-refractivity contribution in [1.29, 1.82) is 0 Å². The Labute approximate surface area is 121 Å². The molecule has 0 atom stereocenters. The third-order valence-electron chi connectivity index (χ3n) is 3.74. The van der Waals surface area contributed by atoms with Gasteiger partial charge in [-0.05, 0) is 43.4 Å². The van der Waals surface area contributed by atoms with E-state index in [1.54, 1.807) is 0 Å². The highest BCUT2D eigenvalue weighted by Crippen LogP contribution is 2.22. The molecule has 104 valence electrons. The maximum absolute atomic E-state index is 12.7. The Kier molecular flexibility index (Phi) is 4.08. The summed E-state index contributed by atoms with van der Waals surface area (Å²) >= 11 is 0. The van der Waals surface area contributed by atoms with Crippen molar-refractivity contribution in [2.75, 3.05) is 0 Å². The van der Waals surface area contributed by atoms with Gasteiger partial charge in [0, 0.05) is 11.1 Å². The molecule has 2 rings (SSSR count). The number of carbonyl (C=O) groups excluding carboxylic acids is 1. The van der Waals surface area contributed by atoms with E-state index in [4.69, 9.17) is 0 Å². The largest absolute Gasteiger partial charge is 0.289 e. The summed E-state index contributed by atoms with van der Waals surface area (Å²) in [5.41, 5.74) is 6.18. The van der Waals surface area contributed by atoms with Crippen LogP contribution in [0.2, 0.25) is 0 Å². The van der Waals surface area contributed by atoms with E-state index in [1.807, 2.05) is 26.0 Å². The fourth-order valence-electron chi connectivity index (χ4n) is 2.70. The van der Waals surface area contributed by atoms with E-state index in [0.717, 1.165) is 22.3 Å². The minimum atomic E-state index is 0.121. The summed E-state index contributed by atoms with van der Waals surface area (Å²) in [7, 11) is 0. The molecule has 0 fully saturated rings. The van der Waals surface area contributed by atoms with Gasteiger partial charge in [-0.1, -0.05) is 55.8 Å². The Morgan fingerprint density at radius 3 is 1.85 bits per heavy atom. The second kappa shape index (κ2) is 5.62. The minimum absolute atomic E-state index is 0.121. The zero-order valence-electron chi connectivity index (χ0n) is 12.9. The van der Waals surface area contributed by atoms with Crippen molar-refractivity contribution in [3.05, 3.63) is 69.8 Å². The number of ketones is 1. The zero-order chi connectivity index (χ0) is 14.9. The molecule has 0 N–H and O–H groups in total. The lowest BCUT2D eigenvalue weighted by Crippen LogP contribution is -2.07. The lowest BCUT2D eigenvalue weighted by atomic mass is 9.92. The molecule has 1 nitrogen and oxygen atoms in total. The lowest BCUT2D eigenvalue weighted by molar-refractivity contribution is 0.103. The summed E-state index contributed by atoms with van der Waals surface area (Å²) in [5.74, 6) is 0.609. The highest BCUT2D eigenvalue weighted by atomic mass is 16.1. The molecule has 0 radical (unpaired) electrons. The van der Waals surface area contributed by atoms with Crippen molar-refractivity contribution in [1.82, 2.24) is 0 Å². The van der Waals surface area contributed by atoms with Crippen LogP contribution in [0.25, 0.3) is 0 Å². The standard InChI is InChI=1S/C19H22O/c1-12(2)16-6-8-17(9-7-16)19(20)18-14(4)10-13(3)11-15(18)5/h6-12H,1-5H3. The maximum Gasteiger partial charge on any atom is 0.193 e. The predicted octanol–water partition coefficient (Wildman–Crippen LogP) is 4.97. The number of hydrogen-bond donors (Lipinski definition) is 0. The second-order valence-electron chi connectivity index (χ2n) is 5.88. The van der Waals surface area contributed by atoms with Crippen molar-refractivity contribution in [3.8, 4) is 0 Å². The molecule has 0 saturated carbocycles. The van der Waals surface area contributed by atoms with Gasteiger partial charge in [0.25, 0.3) is 0 Å². The molecule has 0 spiro atoms. The van der Waals surface area contributed by atoms with Crippen LogP contribution < -0.4 is 0 Å². The van der Waals surface area contributed by atoms with E-state index >= 15 is 0 Å². The van der Waals surface area contributed by atoms with E-state index in [-0.39, 0.29) is 5.78 Å². The summed E-state index contributed by atoms with van der Waals surface area (Å²) in [6.45, 7) is 10.4. The van der Waals surface area contributed by atoms with Crippen LogP contribution in [0.1, 0.15) is 57.9 Å². The van der Waals surface area contributed by atoms with Gasteiger partial charge < -0.3 is 0 Å². The van der Waals surface area contributed by atoms with E-state index < -0.39 is 0 Å². The smallest absolute Gasteiger partial charge is 0.193 e. The van der Waals surface area contributed by atoms with Gasteiger partial charge in [0.15, 0.2) is 5.78 Å². The average Bonchev–Trinajstić information content (AvgIpc) is 2.37. The minimum Gasteiger partial charge on any atom is -0.289 e. The molecule has 0 amide bonds. The van der Waals surface area contributed by atoms with E-state index in [0.29, 0.717) is 5.92 Å². The predicted molar refractivity (Wildman–Crippen MR) is 84.6 cm³/mol. The van der Waals surface area contributed by atoms with Crippen LogP contribution in [0.3, 0.4) is 0 Å². The normalized spacial score (nSPS) is 10.9. The van der Waals surface area contributed by atoms with Crippen molar-refractivity contribution < 1.29 is 4.79 Å².